The van der Waals surface area contributed by atoms with Gasteiger partial charge in [-0.3, -0.25) is 0 Å². The van der Waals surface area contributed by atoms with Gasteiger partial charge in [0.05, 0.1) is 6.10 Å². The van der Waals surface area contributed by atoms with Gasteiger partial charge < -0.3 is 14.2 Å². The molecule has 0 N–H and O–H groups in total. The highest BCUT2D eigenvalue weighted by molar-refractivity contribution is 5.05. The fourth-order valence-corrected chi connectivity index (χ4v) is 2.21. The molecule has 2 fully saturated rings. The van der Waals surface area contributed by atoms with Crippen LogP contribution in [-0.4, -0.2) is 32.0 Å². The third kappa shape index (κ3) is 1.79. The molecule has 0 aromatic rings. The zero-order valence-electron chi connectivity index (χ0n) is 8.86. The van der Waals surface area contributed by atoms with E-state index in [4.69, 9.17) is 14.2 Å². The lowest BCUT2D eigenvalue weighted by Gasteiger charge is -2.40. The van der Waals surface area contributed by atoms with Gasteiger partial charge in [-0.15, -0.1) is 0 Å². The monoisotopic (exact) mass is 198 g/mol. The summed E-state index contributed by atoms with van der Waals surface area (Å²) in [4.78, 5) is 0. The number of hydrogen-bond acceptors (Lipinski definition) is 3. The first-order valence-corrected chi connectivity index (χ1v) is 5.32. The highest BCUT2D eigenvalue weighted by atomic mass is 16.6. The molecule has 0 bridgehead atoms. The van der Waals surface area contributed by atoms with Crippen LogP contribution in [0.15, 0.2) is 11.8 Å². The first kappa shape index (κ1) is 9.99. The van der Waals surface area contributed by atoms with E-state index >= 15 is 0 Å². The van der Waals surface area contributed by atoms with E-state index in [0.29, 0.717) is 0 Å². The Bertz CT molecular complexity index is 225. The van der Waals surface area contributed by atoms with Crippen LogP contribution >= 0.6 is 0 Å². The van der Waals surface area contributed by atoms with Gasteiger partial charge in [-0.1, -0.05) is 0 Å². The van der Waals surface area contributed by atoms with E-state index in [1.165, 1.54) is 0 Å². The van der Waals surface area contributed by atoms with Crippen molar-refractivity contribution in [1.82, 2.24) is 0 Å². The van der Waals surface area contributed by atoms with Crippen LogP contribution in [0.25, 0.3) is 0 Å². The van der Waals surface area contributed by atoms with E-state index in [9.17, 15) is 0 Å². The van der Waals surface area contributed by atoms with E-state index in [0.717, 1.165) is 31.6 Å². The van der Waals surface area contributed by atoms with Crippen molar-refractivity contribution < 1.29 is 14.2 Å². The molecule has 2 heterocycles. The largest absolute Gasteiger partial charge is 0.490 e. The molecule has 0 aromatic carbocycles. The molecule has 3 nitrogen and oxygen atoms in total. The highest BCUT2D eigenvalue weighted by Crippen LogP contribution is 2.31. The van der Waals surface area contributed by atoms with Crippen molar-refractivity contribution >= 4 is 0 Å². The van der Waals surface area contributed by atoms with Crippen molar-refractivity contribution in [2.45, 2.75) is 44.5 Å². The molecule has 14 heavy (non-hydrogen) atoms. The van der Waals surface area contributed by atoms with Crippen molar-refractivity contribution in [3.8, 4) is 0 Å². The van der Waals surface area contributed by atoms with Crippen LogP contribution in [0.4, 0.5) is 0 Å². The van der Waals surface area contributed by atoms with Crippen molar-refractivity contribution in [2.75, 3.05) is 13.7 Å². The molecular formula is C11H18O3. The summed E-state index contributed by atoms with van der Waals surface area (Å²) in [5.41, 5.74) is 0. The van der Waals surface area contributed by atoms with Crippen LogP contribution in [-0.2, 0) is 14.2 Å². The van der Waals surface area contributed by atoms with Gasteiger partial charge in [0.15, 0.2) is 0 Å². The summed E-state index contributed by atoms with van der Waals surface area (Å²) in [6, 6.07) is 0. The van der Waals surface area contributed by atoms with Crippen LogP contribution < -0.4 is 0 Å². The summed E-state index contributed by atoms with van der Waals surface area (Å²) in [5, 5.41) is 0. The van der Waals surface area contributed by atoms with Gasteiger partial charge in [0.1, 0.15) is 18.0 Å². The van der Waals surface area contributed by atoms with Gasteiger partial charge in [0, 0.05) is 20.1 Å². The summed E-state index contributed by atoms with van der Waals surface area (Å²) in [6.45, 7) is 2.86. The zero-order chi connectivity index (χ0) is 9.97. The molecule has 2 aliphatic heterocycles. The number of fused-ring (bicyclic) bond motifs is 1. The number of methoxy groups -OCH3 is 1. The normalized spacial score (nSPS) is 40.4. The Morgan fingerprint density at radius 1 is 1.43 bits per heavy atom. The molecule has 0 saturated carbocycles. The van der Waals surface area contributed by atoms with Crippen molar-refractivity contribution in [2.24, 2.45) is 0 Å². The number of ether oxygens (including phenoxy) is 3. The molecule has 2 saturated heterocycles. The van der Waals surface area contributed by atoms with Crippen LogP contribution in [0, 0.1) is 0 Å². The van der Waals surface area contributed by atoms with Gasteiger partial charge in [0.25, 0.3) is 0 Å². The number of hydrogen-bond donors (Lipinski definition) is 0. The van der Waals surface area contributed by atoms with Gasteiger partial charge in [-0.2, -0.15) is 0 Å². The van der Waals surface area contributed by atoms with Crippen LogP contribution in [0.5, 0.6) is 0 Å². The molecule has 3 atom stereocenters. The highest BCUT2D eigenvalue weighted by Gasteiger charge is 2.37. The summed E-state index contributed by atoms with van der Waals surface area (Å²) >= 11 is 0. The molecule has 0 radical (unpaired) electrons. The molecule has 80 valence electrons. The second-order valence-electron chi connectivity index (χ2n) is 3.86. The molecule has 0 aromatic heterocycles. The minimum Gasteiger partial charge on any atom is -0.490 e. The molecule has 3 heteroatoms. The fraction of sp³-hybridized carbons (Fsp3) is 0.818. The standard InChI is InChI=1S/C11H18O3/c1-3-8-10(12-2)7-11-9(14-8)5-4-6-13-11/h3,9-11H,4-7H2,1-2H3/b8-3+/t9-,10+,11+/m1/s1. The predicted molar refractivity (Wildman–Crippen MR) is 53.0 cm³/mol. The summed E-state index contributed by atoms with van der Waals surface area (Å²) in [7, 11) is 1.72. The smallest absolute Gasteiger partial charge is 0.125 e. The van der Waals surface area contributed by atoms with Crippen LogP contribution in [0.1, 0.15) is 26.2 Å². The van der Waals surface area contributed by atoms with E-state index in [-0.39, 0.29) is 18.3 Å². The van der Waals surface area contributed by atoms with E-state index in [1.54, 1.807) is 7.11 Å². The Morgan fingerprint density at radius 2 is 2.29 bits per heavy atom. The minimum atomic E-state index is 0.0827. The molecule has 0 amide bonds. The van der Waals surface area contributed by atoms with Gasteiger partial charge >= 0.3 is 0 Å². The van der Waals surface area contributed by atoms with E-state index in [2.05, 4.69) is 0 Å². The molecule has 2 aliphatic rings. The maximum Gasteiger partial charge on any atom is 0.125 e. The SMILES string of the molecule is C/C=C1/O[C@@H]2CCCO[C@H]2C[C@@H]1OC. The van der Waals surface area contributed by atoms with Crippen LogP contribution in [0.2, 0.25) is 0 Å². The second-order valence-corrected chi connectivity index (χ2v) is 3.86. The molecule has 0 unspecified atom stereocenters. The minimum absolute atomic E-state index is 0.0827. The lowest BCUT2D eigenvalue weighted by Crippen LogP contribution is -2.44. The Morgan fingerprint density at radius 3 is 3.00 bits per heavy atom. The average molecular weight is 198 g/mol. The fourth-order valence-electron chi connectivity index (χ4n) is 2.21. The summed E-state index contributed by atoms with van der Waals surface area (Å²) in [6.07, 6.45) is 5.71. The third-order valence-electron chi connectivity index (χ3n) is 3.00. The third-order valence-corrected chi connectivity index (χ3v) is 3.00. The Balaban J connectivity index is 2.05. The number of rotatable bonds is 1. The Kier molecular flexibility index (Phi) is 3.08. The van der Waals surface area contributed by atoms with Gasteiger partial charge in [0.2, 0.25) is 0 Å². The van der Waals surface area contributed by atoms with E-state index in [1.807, 2.05) is 13.0 Å². The molecule has 0 spiro atoms. The lowest BCUT2D eigenvalue weighted by molar-refractivity contribution is -0.142. The maximum absolute atomic E-state index is 5.85. The Labute approximate surface area is 85.0 Å². The first-order valence-electron chi connectivity index (χ1n) is 5.32. The quantitative estimate of drug-likeness (QED) is 0.643. The molecule has 2 rings (SSSR count). The molecular weight excluding hydrogens is 180 g/mol. The lowest BCUT2D eigenvalue weighted by atomic mass is 9.96. The van der Waals surface area contributed by atoms with Crippen LogP contribution in [0.3, 0.4) is 0 Å². The van der Waals surface area contributed by atoms with Crippen molar-refractivity contribution in [3.63, 3.8) is 0 Å². The van der Waals surface area contributed by atoms with Crippen molar-refractivity contribution in [1.29, 1.82) is 0 Å². The van der Waals surface area contributed by atoms with Gasteiger partial charge in [-0.05, 0) is 25.8 Å². The summed E-state index contributed by atoms with van der Waals surface area (Å²) in [5.74, 6) is 0.972. The van der Waals surface area contributed by atoms with E-state index < -0.39 is 0 Å². The number of allylic oxidation sites excluding steroid dienone is 1. The Hall–Kier alpha value is -0.540. The first-order chi connectivity index (χ1) is 6.85. The van der Waals surface area contributed by atoms with Gasteiger partial charge in [-0.25, -0.2) is 0 Å². The average Bonchev–Trinajstić information content (AvgIpc) is 2.27. The summed E-state index contributed by atoms with van der Waals surface area (Å²) < 4.78 is 16.9. The topological polar surface area (TPSA) is 27.7 Å². The zero-order valence-corrected chi connectivity index (χ0v) is 8.86. The van der Waals surface area contributed by atoms with Crippen molar-refractivity contribution in [3.05, 3.63) is 11.8 Å². The molecule has 0 aliphatic carbocycles. The maximum atomic E-state index is 5.85. The second kappa shape index (κ2) is 4.32. The predicted octanol–water partition coefficient (Wildman–Crippen LogP) is 1.87.